The Morgan fingerprint density at radius 1 is 1.53 bits per heavy atom. The molecule has 2 rings (SSSR count). The largest absolute Gasteiger partial charge is 0.399 e. The van der Waals surface area contributed by atoms with E-state index in [0.717, 1.165) is 28.7 Å². The molecule has 0 aromatic heterocycles. The molecule has 1 aliphatic heterocycles. The van der Waals surface area contributed by atoms with Gasteiger partial charge in [0.15, 0.2) is 5.17 Å². The Kier molecular flexibility index (Phi) is 4.03. The van der Waals surface area contributed by atoms with Crippen LogP contribution in [-0.4, -0.2) is 23.4 Å². The van der Waals surface area contributed by atoms with Crippen LogP contribution in [0, 0.1) is 0 Å². The molecule has 0 aliphatic carbocycles. The molecule has 0 bridgehead atoms. The molecule has 5 heteroatoms. The standard InChI is InChI=1S/C12H15N3OS/c13-10-3-1-2-9(8-10)4-5-11(16)15-12-14-6-7-17-12/h1-3,8H,4-7,13H2,(H,14,15,16). The normalized spacial score (nSPS) is 14.5. The first-order chi connectivity index (χ1) is 8.24. The monoisotopic (exact) mass is 249 g/mol. The van der Waals surface area contributed by atoms with E-state index in [-0.39, 0.29) is 5.91 Å². The first kappa shape index (κ1) is 12.0. The van der Waals surface area contributed by atoms with Crippen LogP contribution in [0.25, 0.3) is 0 Å². The molecule has 0 saturated carbocycles. The smallest absolute Gasteiger partial charge is 0.226 e. The summed E-state index contributed by atoms with van der Waals surface area (Å²) in [5, 5.41) is 3.56. The Hall–Kier alpha value is -1.49. The molecule has 0 fully saturated rings. The molecule has 0 spiro atoms. The number of thioether (sulfide) groups is 1. The van der Waals surface area contributed by atoms with Gasteiger partial charge in [-0.15, -0.1) is 0 Å². The van der Waals surface area contributed by atoms with Crippen molar-refractivity contribution in [2.45, 2.75) is 12.8 Å². The molecule has 1 heterocycles. The van der Waals surface area contributed by atoms with Gasteiger partial charge in [0.05, 0.1) is 6.54 Å². The third kappa shape index (κ3) is 3.78. The van der Waals surface area contributed by atoms with Crippen molar-refractivity contribution in [2.75, 3.05) is 18.0 Å². The number of amides is 1. The average Bonchev–Trinajstić information content (AvgIpc) is 2.79. The number of nitrogens with one attached hydrogen (secondary N) is 1. The topological polar surface area (TPSA) is 67.5 Å². The quantitative estimate of drug-likeness (QED) is 0.796. The molecule has 1 aliphatic rings. The second-order valence-corrected chi connectivity index (χ2v) is 4.91. The third-order valence-electron chi connectivity index (χ3n) is 2.42. The lowest BCUT2D eigenvalue weighted by atomic mass is 10.1. The van der Waals surface area contributed by atoms with E-state index in [1.807, 2.05) is 24.3 Å². The van der Waals surface area contributed by atoms with Crippen LogP contribution in [0.3, 0.4) is 0 Å². The zero-order chi connectivity index (χ0) is 12.1. The summed E-state index contributed by atoms with van der Waals surface area (Å²) >= 11 is 1.59. The second-order valence-electron chi connectivity index (χ2n) is 3.83. The predicted octanol–water partition coefficient (Wildman–Crippen LogP) is 1.42. The minimum atomic E-state index is 0.0144. The van der Waals surface area contributed by atoms with Gasteiger partial charge in [0.2, 0.25) is 5.91 Å². The van der Waals surface area contributed by atoms with Crippen LogP contribution in [0.15, 0.2) is 29.3 Å². The molecule has 0 saturated heterocycles. The van der Waals surface area contributed by atoms with E-state index in [1.54, 1.807) is 11.8 Å². The van der Waals surface area contributed by atoms with Crippen LogP contribution < -0.4 is 11.1 Å². The molecule has 0 unspecified atom stereocenters. The van der Waals surface area contributed by atoms with E-state index in [9.17, 15) is 4.79 Å². The predicted molar refractivity (Wildman–Crippen MR) is 72.1 cm³/mol. The van der Waals surface area contributed by atoms with Crippen LogP contribution in [0.2, 0.25) is 0 Å². The highest BCUT2D eigenvalue weighted by Gasteiger charge is 2.10. The molecular weight excluding hydrogens is 234 g/mol. The number of carbonyl (C=O) groups excluding carboxylic acids is 1. The number of nitrogens with two attached hydrogens (primary N) is 1. The van der Waals surface area contributed by atoms with Gasteiger partial charge in [-0.3, -0.25) is 9.79 Å². The van der Waals surface area contributed by atoms with Gasteiger partial charge in [-0.2, -0.15) is 0 Å². The van der Waals surface area contributed by atoms with Crippen LogP contribution in [-0.2, 0) is 11.2 Å². The van der Waals surface area contributed by atoms with Gasteiger partial charge in [0.25, 0.3) is 0 Å². The van der Waals surface area contributed by atoms with Gasteiger partial charge in [-0.05, 0) is 24.1 Å². The number of hydrogen-bond donors (Lipinski definition) is 2. The minimum absolute atomic E-state index is 0.0144. The number of rotatable bonds is 3. The van der Waals surface area contributed by atoms with Crippen molar-refractivity contribution in [1.82, 2.24) is 5.32 Å². The van der Waals surface area contributed by atoms with Crippen molar-refractivity contribution >= 4 is 28.5 Å². The van der Waals surface area contributed by atoms with Gasteiger partial charge < -0.3 is 11.1 Å². The van der Waals surface area contributed by atoms with Crippen molar-refractivity contribution in [2.24, 2.45) is 4.99 Å². The van der Waals surface area contributed by atoms with Crippen molar-refractivity contribution in [3.05, 3.63) is 29.8 Å². The number of amidine groups is 1. The maximum Gasteiger partial charge on any atom is 0.226 e. The lowest BCUT2D eigenvalue weighted by Gasteiger charge is -2.04. The Morgan fingerprint density at radius 3 is 3.12 bits per heavy atom. The second kappa shape index (κ2) is 5.72. The maximum absolute atomic E-state index is 11.6. The molecule has 90 valence electrons. The van der Waals surface area contributed by atoms with Gasteiger partial charge in [0, 0.05) is 17.9 Å². The number of carbonyl (C=O) groups is 1. The first-order valence-corrected chi connectivity index (χ1v) is 6.54. The number of aliphatic imine (C=N–C) groups is 1. The molecule has 1 aromatic carbocycles. The molecule has 1 aromatic rings. The molecule has 17 heavy (non-hydrogen) atoms. The molecule has 0 atom stereocenters. The molecule has 4 nitrogen and oxygen atoms in total. The van der Waals surface area contributed by atoms with Crippen molar-refractivity contribution in [1.29, 1.82) is 0 Å². The highest BCUT2D eigenvalue weighted by Crippen LogP contribution is 2.11. The zero-order valence-electron chi connectivity index (χ0n) is 9.48. The number of nitrogen functional groups attached to an aromatic ring is 1. The van der Waals surface area contributed by atoms with Crippen LogP contribution in [0.5, 0.6) is 0 Å². The van der Waals surface area contributed by atoms with Crippen LogP contribution in [0.1, 0.15) is 12.0 Å². The summed E-state index contributed by atoms with van der Waals surface area (Å²) in [6.45, 7) is 0.801. The average molecular weight is 249 g/mol. The lowest BCUT2D eigenvalue weighted by molar-refractivity contribution is -0.119. The summed E-state index contributed by atoms with van der Waals surface area (Å²) < 4.78 is 0. The van der Waals surface area contributed by atoms with Gasteiger partial charge in [-0.25, -0.2) is 0 Å². The minimum Gasteiger partial charge on any atom is -0.399 e. The number of hydrogen-bond acceptors (Lipinski definition) is 4. The summed E-state index contributed by atoms with van der Waals surface area (Å²) in [7, 11) is 0. The number of anilines is 1. The summed E-state index contributed by atoms with van der Waals surface area (Å²) in [5.41, 5.74) is 7.49. The fourth-order valence-electron chi connectivity index (χ4n) is 1.60. The third-order valence-corrected chi connectivity index (χ3v) is 3.31. The van der Waals surface area contributed by atoms with E-state index in [2.05, 4.69) is 10.3 Å². The molecule has 3 N–H and O–H groups in total. The SMILES string of the molecule is Nc1cccc(CCC(=O)NC2=NCCS2)c1. The summed E-state index contributed by atoms with van der Waals surface area (Å²) in [5.74, 6) is 0.978. The highest BCUT2D eigenvalue weighted by atomic mass is 32.2. The summed E-state index contributed by atoms with van der Waals surface area (Å²) in [6.07, 6.45) is 1.16. The fourth-order valence-corrected chi connectivity index (χ4v) is 2.34. The number of aryl methyl sites for hydroxylation is 1. The van der Waals surface area contributed by atoms with Crippen molar-refractivity contribution in [3.8, 4) is 0 Å². The van der Waals surface area contributed by atoms with Gasteiger partial charge in [0.1, 0.15) is 0 Å². The van der Waals surface area contributed by atoms with E-state index >= 15 is 0 Å². The summed E-state index contributed by atoms with van der Waals surface area (Å²) in [6, 6.07) is 7.62. The van der Waals surface area contributed by atoms with E-state index in [1.165, 1.54) is 0 Å². The van der Waals surface area contributed by atoms with Crippen LogP contribution in [0.4, 0.5) is 5.69 Å². The lowest BCUT2D eigenvalue weighted by Crippen LogP contribution is -2.27. The number of nitrogens with zero attached hydrogens (tertiary/aromatic N) is 1. The van der Waals surface area contributed by atoms with Crippen molar-refractivity contribution in [3.63, 3.8) is 0 Å². The zero-order valence-corrected chi connectivity index (χ0v) is 10.3. The Balaban J connectivity index is 1.79. The number of benzene rings is 1. The van der Waals surface area contributed by atoms with Crippen molar-refractivity contribution < 1.29 is 4.79 Å². The fraction of sp³-hybridized carbons (Fsp3) is 0.333. The molecular formula is C12H15N3OS. The van der Waals surface area contributed by atoms with Crippen LogP contribution >= 0.6 is 11.8 Å². The van der Waals surface area contributed by atoms with Gasteiger partial charge in [-0.1, -0.05) is 23.9 Å². The molecule has 0 radical (unpaired) electrons. The van der Waals surface area contributed by atoms with E-state index < -0.39 is 0 Å². The Morgan fingerprint density at radius 2 is 2.41 bits per heavy atom. The van der Waals surface area contributed by atoms with Gasteiger partial charge >= 0.3 is 0 Å². The first-order valence-electron chi connectivity index (χ1n) is 5.55. The van der Waals surface area contributed by atoms with E-state index in [0.29, 0.717) is 12.8 Å². The Bertz CT molecular complexity index is 445. The molecule has 1 amide bonds. The highest BCUT2D eigenvalue weighted by molar-refractivity contribution is 8.14. The maximum atomic E-state index is 11.6. The Labute approximate surface area is 105 Å². The summed E-state index contributed by atoms with van der Waals surface area (Å²) in [4.78, 5) is 15.8. The van der Waals surface area contributed by atoms with E-state index in [4.69, 9.17) is 5.73 Å².